The predicted molar refractivity (Wildman–Crippen MR) is 85.1 cm³/mol. The Balaban J connectivity index is 1.66. The minimum atomic E-state index is -0.336. The lowest BCUT2D eigenvalue weighted by atomic mass is 10.2. The molecule has 7 heteroatoms. The summed E-state index contributed by atoms with van der Waals surface area (Å²) in [5, 5.41) is 2.90. The van der Waals surface area contributed by atoms with Crippen LogP contribution in [-0.2, 0) is 0 Å². The van der Waals surface area contributed by atoms with Crippen LogP contribution in [0.2, 0.25) is 0 Å². The van der Waals surface area contributed by atoms with Crippen LogP contribution in [0.3, 0.4) is 0 Å². The zero-order valence-corrected chi connectivity index (χ0v) is 12.9. The number of amides is 1. The van der Waals surface area contributed by atoms with Gasteiger partial charge in [0, 0.05) is 44.3 Å². The van der Waals surface area contributed by atoms with E-state index in [2.05, 4.69) is 20.2 Å². The molecule has 2 aromatic rings. The molecule has 0 unspecified atom stereocenters. The molecule has 120 valence electrons. The van der Waals surface area contributed by atoms with Gasteiger partial charge in [-0.25, -0.2) is 14.4 Å². The van der Waals surface area contributed by atoms with E-state index in [9.17, 15) is 9.18 Å². The van der Waals surface area contributed by atoms with Crippen LogP contribution in [0.25, 0.3) is 0 Å². The Morgan fingerprint density at radius 3 is 2.52 bits per heavy atom. The van der Waals surface area contributed by atoms with Crippen LogP contribution in [0.4, 0.5) is 16.0 Å². The van der Waals surface area contributed by atoms with Crippen molar-refractivity contribution in [2.75, 3.05) is 38.5 Å². The topological polar surface area (TPSA) is 61.4 Å². The number of nitrogens with zero attached hydrogens (tertiary/aromatic N) is 4. The summed E-state index contributed by atoms with van der Waals surface area (Å²) in [6.45, 7) is 3.15. The maximum Gasteiger partial charge on any atom is 0.257 e. The van der Waals surface area contributed by atoms with Crippen molar-refractivity contribution in [2.45, 2.75) is 0 Å². The average molecular weight is 315 g/mol. The van der Waals surface area contributed by atoms with E-state index in [0.717, 1.165) is 13.1 Å². The zero-order chi connectivity index (χ0) is 16.2. The van der Waals surface area contributed by atoms with Gasteiger partial charge in [-0.3, -0.25) is 4.79 Å². The number of halogens is 1. The summed E-state index contributed by atoms with van der Waals surface area (Å²) in [6, 6.07) is 6.04. The van der Waals surface area contributed by atoms with Crippen LogP contribution in [0.5, 0.6) is 0 Å². The van der Waals surface area contributed by atoms with Crippen molar-refractivity contribution in [2.24, 2.45) is 0 Å². The normalized spacial score (nSPS) is 15.5. The Morgan fingerprint density at radius 1 is 1.17 bits per heavy atom. The van der Waals surface area contributed by atoms with Crippen molar-refractivity contribution in [3.8, 4) is 0 Å². The summed E-state index contributed by atoms with van der Waals surface area (Å²) < 4.78 is 13.1. The van der Waals surface area contributed by atoms with Gasteiger partial charge in [-0.15, -0.1) is 0 Å². The quantitative estimate of drug-likeness (QED) is 0.935. The van der Waals surface area contributed by atoms with Crippen molar-refractivity contribution in [1.29, 1.82) is 0 Å². The molecule has 1 fully saturated rings. The Bertz CT molecular complexity index is 683. The van der Waals surface area contributed by atoms with E-state index in [0.29, 0.717) is 30.3 Å². The average Bonchev–Trinajstić information content (AvgIpc) is 2.56. The molecule has 2 heterocycles. The monoisotopic (exact) mass is 315 g/mol. The van der Waals surface area contributed by atoms with Gasteiger partial charge in [0.15, 0.2) is 0 Å². The molecule has 1 aliphatic heterocycles. The molecule has 1 aliphatic rings. The Hall–Kier alpha value is -2.54. The van der Waals surface area contributed by atoms with Crippen molar-refractivity contribution in [3.63, 3.8) is 0 Å². The minimum absolute atomic E-state index is 0.0598. The highest BCUT2D eigenvalue weighted by Gasteiger charge is 2.20. The maximum absolute atomic E-state index is 13.1. The number of carbonyl (C=O) groups is 1. The van der Waals surface area contributed by atoms with Crippen molar-refractivity contribution in [3.05, 3.63) is 48.0 Å². The van der Waals surface area contributed by atoms with Crippen molar-refractivity contribution < 1.29 is 9.18 Å². The molecule has 6 nitrogen and oxygen atoms in total. The van der Waals surface area contributed by atoms with Gasteiger partial charge in [-0.2, -0.15) is 0 Å². The fourth-order valence-corrected chi connectivity index (χ4v) is 2.39. The van der Waals surface area contributed by atoms with E-state index in [4.69, 9.17) is 0 Å². The van der Waals surface area contributed by atoms with Gasteiger partial charge < -0.3 is 15.1 Å². The number of likely N-dealkylation sites (N-methyl/N-ethyl adjacent to an activating group) is 1. The highest BCUT2D eigenvalue weighted by Crippen LogP contribution is 2.14. The third kappa shape index (κ3) is 3.81. The molecular weight excluding hydrogens is 297 g/mol. The van der Waals surface area contributed by atoms with Gasteiger partial charge in [0.2, 0.25) is 5.95 Å². The molecule has 1 aromatic carbocycles. The number of nitrogens with one attached hydrogen (secondary N) is 1. The molecule has 0 spiro atoms. The second-order valence-corrected chi connectivity index (χ2v) is 5.53. The number of anilines is 2. The molecular formula is C16H18FN5O. The molecule has 1 saturated heterocycles. The number of rotatable bonds is 3. The summed E-state index contributed by atoms with van der Waals surface area (Å²) in [5.41, 5.74) is 1.02. The van der Waals surface area contributed by atoms with Gasteiger partial charge in [-0.05, 0) is 25.2 Å². The molecule has 23 heavy (non-hydrogen) atoms. The lowest BCUT2D eigenvalue weighted by molar-refractivity contribution is 0.0663. The lowest BCUT2D eigenvalue weighted by Crippen LogP contribution is -2.47. The van der Waals surface area contributed by atoms with Crippen molar-refractivity contribution in [1.82, 2.24) is 19.8 Å². The van der Waals surface area contributed by atoms with Crippen LogP contribution < -0.4 is 5.32 Å². The molecule has 1 amide bonds. The van der Waals surface area contributed by atoms with E-state index in [1.807, 2.05) is 7.05 Å². The number of benzene rings is 1. The lowest BCUT2D eigenvalue weighted by Gasteiger charge is -2.32. The molecule has 3 rings (SSSR count). The molecule has 0 atom stereocenters. The summed E-state index contributed by atoms with van der Waals surface area (Å²) in [4.78, 5) is 24.6. The molecule has 1 aromatic heterocycles. The summed E-state index contributed by atoms with van der Waals surface area (Å²) in [6.07, 6.45) is 2.99. The van der Waals surface area contributed by atoms with Crippen LogP contribution in [0, 0.1) is 5.82 Å². The first-order valence-electron chi connectivity index (χ1n) is 7.44. The first kappa shape index (κ1) is 15.4. The zero-order valence-electron chi connectivity index (χ0n) is 12.9. The molecule has 0 bridgehead atoms. The standard InChI is InChI=1S/C16H18FN5O/c1-21-5-7-22(8-6-21)15(23)12-10-18-16(19-11-12)20-14-4-2-3-13(17)9-14/h2-4,9-11H,5-8H2,1H3,(H,18,19,20). The van der Waals surface area contributed by atoms with Crippen LogP contribution >= 0.6 is 0 Å². The number of aromatic nitrogens is 2. The Morgan fingerprint density at radius 2 is 1.87 bits per heavy atom. The van der Waals surface area contributed by atoms with Gasteiger partial charge in [0.1, 0.15) is 5.82 Å². The number of hydrogen-bond donors (Lipinski definition) is 1. The van der Waals surface area contributed by atoms with Crippen LogP contribution in [0.1, 0.15) is 10.4 Å². The summed E-state index contributed by atoms with van der Waals surface area (Å²) in [7, 11) is 2.04. The highest BCUT2D eigenvalue weighted by atomic mass is 19.1. The van der Waals surface area contributed by atoms with Crippen LogP contribution in [0.15, 0.2) is 36.7 Å². The summed E-state index contributed by atoms with van der Waals surface area (Å²) in [5.74, 6) is -0.0715. The smallest absolute Gasteiger partial charge is 0.257 e. The van der Waals surface area contributed by atoms with Gasteiger partial charge in [0.05, 0.1) is 5.56 Å². The minimum Gasteiger partial charge on any atom is -0.336 e. The highest BCUT2D eigenvalue weighted by molar-refractivity contribution is 5.93. The van der Waals surface area contributed by atoms with E-state index in [-0.39, 0.29) is 11.7 Å². The van der Waals surface area contributed by atoms with E-state index < -0.39 is 0 Å². The summed E-state index contributed by atoms with van der Waals surface area (Å²) >= 11 is 0. The first-order valence-corrected chi connectivity index (χ1v) is 7.44. The number of piperazine rings is 1. The van der Waals surface area contributed by atoms with E-state index in [1.165, 1.54) is 24.5 Å². The van der Waals surface area contributed by atoms with Crippen molar-refractivity contribution >= 4 is 17.5 Å². The van der Waals surface area contributed by atoms with E-state index in [1.54, 1.807) is 17.0 Å². The molecule has 1 N–H and O–H groups in total. The second-order valence-electron chi connectivity index (χ2n) is 5.53. The van der Waals surface area contributed by atoms with Gasteiger partial charge in [0.25, 0.3) is 5.91 Å². The van der Waals surface area contributed by atoms with Gasteiger partial charge in [-0.1, -0.05) is 6.07 Å². The van der Waals surface area contributed by atoms with E-state index >= 15 is 0 Å². The maximum atomic E-state index is 13.1. The first-order chi connectivity index (χ1) is 11.1. The Labute approximate surface area is 134 Å². The second kappa shape index (κ2) is 6.70. The molecule has 0 aliphatic carbocycles. The molecule has 0 saturated carbocycles. The van der Waals surface area contributed by atoms with Crippen LogP contribution in [-0.4, -0.2) is 58.9 Å². The predicted octanol–water partition coefficient (Wildman–Crippen LogP) is 1.75. The fourth-order valence-electron chi connectivity index (χ4n) is 2.39. The number of carbonyl (C=O) groups excluding carboxylic acids is 1. The molecule has 0 radical (unpaired) electrons. The number of hydrogen-bond acceptors (Lipinski definition) is 5. The van der Waals surface area contributed by atoms with Gasteiger partial charge >= 0.3 is 0 Å². The fraction of sp³-hybridized carbons (Fsp3) is 0.312. The third-order valence-electron chi connectivity index (χ3n) is 3.77. The Kier molecular flexibility index (Phi) is 4.47. The SMILES string of the molecule is CN1CCN(C(=O)c2cnc(Nc3cccc(F)c3)nc2)CC1. The largest absolute Gasteiger partial charge is 0.336 e. The third-order valence-corrected chi connectivity index (χ3v) is 3.77.